The highest BCUT2D eigenvalue weighted by atomic mass is 32.2. The Labute approximate surface area is 182 Å². The lowest BCUT2D eigenvalue weighted by Crippen LogP contribution is -2.52. The van der Waals surface area contributed by atoms with Gasteiger partial charge in [-0.1, -0.05) is 48.5 Å². The number of rotatable bonds is 7. The molecule has 0 unspecified atom stereocenters. The van der Waals surface area contributed by atoms with Gasteiger partial charge in [-0.2, -0.15) is 9.40 Å². The molecule has 0 saturated heterocycles. The second-order valence-corrected chi connectivity index (χ2v) is 9.88. The standard InChI is InChI=1S/C23H26N4O3S/c1-2-31(29,30)27-17-21-7-4-3-6-20(21)14-22(27)23(28)24-15-18-8-10-19(11-9-18)16-26-13-5-12-25-26/h3-13,22H,2,14-17H2,1H3,(H,24,28)/t22-/m0/s1. The average Bonchev–Trinajstić information content (AvgIpc) is 3.30. The lowest BCUT2D eigenvalue weighted by molar-refractivity contribution is -0.125. The molecule has 1 amide bonds. The second-order valence-electron chi connectivity index (χ2n) is 7.67. The Morgan fingerprint density at radius 2 is 1.77 bits per heavy atom. The minimum atomic E-state index is -3.51. The van der Waals surface area contributed by atoms with Crippen LogP contribution in [0, 0.1) is 0 Å². The molecule has 0 radical (unpaired) electrons. The summed E-state index contributed by atoms with van der Waals surface area (Å²) in [5, 5.41) is 7.13. The molecule has 1 aliphatic rings. The van der Waals surface area contributed by atoms with Crippen molar-refractivity contribution in [3.63, 3.8) is 0 Å². The zero-order valence-corrected chi connectivity index (χ0v) is 18.3. The van der Waals surface area contributed by atoms with Gasteiger partial charge in [0.1, 0.15) is 6.04 Å². The van der Waals surface area contributed by atoms with E-state index in [2.05, 4.69) is 10.4 Å². The first kappa shape index (κ1) is 21.3. The van der Waals surface area contributed by atoms with Crippen LogP contribution in [0.2, 0.25) is 0 Å². The van der Waals surface area contributed by atoms with E-state index in [4.69, 9.17) is 0 Å². The number of amides is 1. The van der Waals surface area contributed by atoms with Crippen LogP contribution in [0.3, 0.4) is 0 Å². The summed E-state index contributed by atoms with van der Waals surface area (Å²) < 4.78 is 28.5. The molecule has 31 heavy (non-hydrogen) atoms. The van der Waals surface area contributed by atoms with Crippen LogP contribution in [-0.4, -0.2) is 40.2 Å². The number of hydrogen-bond acceptors (Lipinski definition) is 4. The molecule has 1 atom stereocenters. The molecule has 2 aromatic carbocycles. The molecule has 3 aromatic rings. The van der Waals surface area contributed by atoms with E-state index in [-0.39, 0.29) is 18.2 Å². The molecule has 0 aliphatic carbocycles. The van der Waals surface area contributed by atoms with Crippen LogP contribution in [0.1, 0.15) is 29.2 Å². The van der Waals surface area contributed by atoms with Crippen molar-refractivity contribution >= 4 is 15.9 Å². The van der Waals surface area contributed by atoms with Crippen LogP contribution in [0.15, 0.2) is 67.0 Å². The van der Waals surface area contributed by atoms with Crippen LogP contribution in [0.5, 0.6) is 0 Å². The SMILES string of the molecule is CCS(=O)(=O)N1Cc2ccccc2C[C@H]1C(=O)NCc1ccc(Cn2cccn2)cc1. The van der Waals surface area contributed by atoms with Crippen molar-refractivity contribution in [3.05, 3.63) is 89.2 Å². The third-order valence-corrected chi connectivity index (χ3v) is 7.45. The van der Waals surface area contributed by atoms with Gasteiger partial charge in [0, 0.05) is 25.5 Å². The zero-order valence-electron chi connectivity index (χ0n) is 17.4. The Balaban J connectivity index is 1.44. The van der Waals surface area contributed by atoms with Crippen molar-refractivity contribution in [3.8, 4) is 0 Å². The van der Waals surface area contributed by atoms with Gasteiger partial charge in [0.15, 0.2) is 0 Å². The second kappa shape index (κ2) is 9.03. The molecule has 4 rings (SSSR count). The molecular formula is C23H26N4O3S. The molecule has 0 fully saturated rings. The smallest absolute Gasteiger partial charge is 0.239 e. The summed E-state index contributed by atoms with van der Waals surface area (Å²) in [6, 6.07) is 16.8. The molecule has 8 heteroatoms. The van der Waals surface area contributed by atoms with E-state index < -0.39 is 16.1 Å². The number of fused-ring (bicyclic) bond motifs is 1. The average molecular weight is 439 g/mol. The van der Waals surface area contributed by atoms with Gasteiger partial charge in [0.05, 0.1) is 12.3 Å². The summed E-state index contributed by atoms with van der Waals surface area (Å²) in [7, 11) is -3.51. The number of hydrogen-bond donors (Lipinski definition) is 1. The molecule has 0 spiro atoms. The molecule has 162 valence electrons. The third kappa shape index (κ3) is 4.86. The summed E-state index contributed by atoms with van der Waals surface area (Å²) in [4.78, 5) is 13.0. The first-order valence-corrected chi connectivity index (χ1v) is 12.0. The minimum Gasteiger partial charge on any atom is -0.351 e. The van der Waals surface area contributed by atoms with E-state index in [1.807, 2.05) is 65.5 Å². The van der Waals surface area contributed by atoms with E-state index in [1.165, 1.54) is 4.31 Å². The summed E-state index contributed by atoms with van der Waals surface area (Å²) >= 11 is 0. The monoisotopic (exact) mass is 438 g/mol. The van der Waals surface area contributed by atoms with Gasteiger partial charge >= 0.3 is 0 Å². The van der Waals surface area contributed by atoms with Crippen molar-refractivity contribution in [1.82, 2.24) is 19.4 Å². The molecule has 0 bridgehead atoms. The number of sulfonamides is 1. The largest absolute Gasteiger partial charge is 0.351 e. The van der Waals surface area contributed by atoms with E-state index in [9.17, 15) is 13.2 Å². The Kier molecular flexibility index (Phi) is 6.20. The number of nitrogens with zero attached hydrogens (tertiary/aromatic N) is 3. The number of carbonyl (C=O) groups excluding carboxylic acids is 1. The molecule has 0 saturated carbocycles. The third-order valence-electron chi connectivity index (χ3n) is 5.62. The number of benzene rings is 2. The summed E-state index contributed by atoms with van der Waals surface area (Å²) in [6.45, 7) is 2.87. The molecule has 1 N–H and O–H groups in total. The van der Waals surface area contributed by atoms with Gasteiger partial charge in [-0.15, -0.1) is 0 Å². The van der Waals surface area contributed by atoms with Crippen LogP contribution in [0.25, 0.3) is 0 Å². The van der Waals surface area contributed by atoms with Crippen molar-refractivity contribution in [1.29, 1.82) is 0 Å². The first-order valence-electron chi connectivity index (χ1n) is 10.4. The van der Waals surface area contributed by atoms with Gasteiger partial charge in [0.2, 0.25) is 15.9 Å². The van der Waals surface area contributed by atoms with Gasteiger partial charge in [-0.25, -0.2) is 8.42 Å². The number of aromatic nitrogens is 2. The van der Waals surface area contributed by atoms with Crippen LogP contribution >= 0.6 is 0 Å². The van der Waals surface area contributed by atoms with E-state index in [0.29, 0.717) is 19.5 Å². The summed E-state index contributed by atoms with van der Waals surface area (Å²) in [5.41, 5.74) is 4.05. The quantitative estimate of drug-likeness (QED) is 0.614. The van der Waals surface area contributed by atoms with Crippen molar-refractivity contribution in [2.45, 2.75) is 39.0 Å². The van der Waals surface area contributed by atoms with Crippen LogP contribution in [0.4, 0.5) is 0 Å². The number of nitrogens with one attached hydrogen (secondary N) is 1. The van der Waals surface area contributed by atoms with Crippen LogP contribution < -0.4 is 5.32 Å². The lowest BCUT2D eigenvalue weighted by Gasteiger charge is -2.34. The molecule has 1 aromatic heterocycles. The van der Waals surface area contributed by atoms with E-state index >= 15 is 0 Å². The van der Waals surface area contributed by atoms with Crippen LogP contribution in [-0.2, 0) is 40.9 Å². The summed E-state index contributed by atoms with van der Waals surface area (Å²) in [5.74, 6) is -0.302. The highest BCUT2D eigenvalue weighted by Gasteiger charge is 2.37. The normalized spacial score (nSPS) is 16.6. The Morgan fingerprint density at radius 1 is 1.06 bits per heavy atom. The molecular weight excluding hydrogens is 412 g/mol. The van der Waals surface area contributed by atoms with Gasteiger partial charge in [-0.05, 0) is 41.7 Å². The maximum absolute atomic E-state index is 13.0. The highest BCUT2D eigenvalue weighted by molar-refractivity contribution is 7.89. The fourth-order valence-electron chi connectivity index (χ4n) is 3.83. The summed E-state index contributed by atoms with van der Waals surface area (Å²) in [6.07, 6.45) is 4.03. The highest BCUT2D eigenvalue weighted by Crippen LogP contribution is 2.26. The molecule has 7 nitrogen and oxygen atoms in total. The van der Waals surface area contributed by atoms with Gasteiger partial charge in [-0.3, -0.25) is 9.48 Å². The van der Waals surface area contributed by atoms with Crippen molar-refractivity contribution in [2.24, 2.45) is 0 Å². The van der Waals surface area contributed by atoms with E-state index in [0.717, 1.165) is 22.3 Å². The minimum absolute atomic E-state index is 0.0311. The molecule has 2 heterocycles. The van der Waals surface area contributed by atoms with Crippen molar-refractivity contribution in [2.75, 3.05) is 5.75 Å². The maximum Gasteiger partial charge on any atom is 0.239 e. The predicted octanol–water partition coefficient (Wildman–Crippen LogP) is 2.32. The Morgan fingerprint density at radius 3 is 2.45 bits per heavy atom. The maximum atomic E-state index is 13.0. The number of carbonyl (C=O) groups is 1. The predicted molar refractivity (Wildman–Crippen MR) is 119 cm³/mol. The van der Waals surface area contributed by atoms with Gasteiger partial charge < -0.3 is 5.32 Å². The Bertz CT molecular complexity index is 1140. The fraction of sp³-hybridized carbons (Fsp3) is 0.304. The Hall–Kier alpha value is -2.97. The fourth-order valence-corrected chi connectivity index (χ4v) is 5.06. The van der Waals surface area contributed by atoms with E-state index in [1.54, 1.807) is 13.1 Å². The lowest BCUT2D eigenvalue weighted by atomic mass is 9.95. The molecule has 1 aliphatic heterocycles. The first-order chi connectivity index (χ1) is 15.0. The van der Waals surface area contributed by atoms with Gasteiger partial charge in [0.25, 0.3) is 0 Å². The van der Waals surface area contributed by atoms with Crippen molar-refractivity contribution < 1.29 is 13.2 Å². The topological polar surface area (TPSA) is 84.3 Å². The zero-order chi connectivity index (χ0) is 21.8.